The van der Waals surface area contributed by atoms with Crippen LogP contribution in [-0.2, 0) is 11.3 Å². The molecule has 27 heavy (non-hydrogen) atoms. The summed E-state index contributed by atoms with van der Waals surface area (Å²) in [5.41, 5.74) is 1.16. The van der Waals surface area contributed by atoms with Crippen LogP contribution in [0.4, 0.5) is 14.7 Å². The van der Waals surface area contributed by atoms with Crippen LogP contribution in [0.2, 0.25) is 0 Å². The molecule has 4 rings (SSSR count). The molecule has 8 heteroatoms. The summed E-state index contributed by atoms with van der Waals surface area (Å²) >= 11 is 0. The molecule has 0 bridgehead atoms. The Morgan fingerprint density at radius 3 is 2.81 bits per heavy atom. The summed E-state index contributed by atoms with van der Waals surface area (Å²) in [5, 5.41) is 11.2. The predicted molar refractivity (Wildman–Crippen MR) is 96.1 cm³/mol. The smallest absolute Gasteiger partial charge is 0.231 e. The standard InChI is InChI=1S/C19H19F2N5O/c20-15-8-13(9-16(21)10-15)11-22-18(27)14-4-3-6-25(12-14)19-24-23-17-5-1-2-7-26(17)19/h1-2,5,7-10,14H,3-4,6,11-12H2,(H,22,27)/t14-/m1/s1. The highest BCUT2D eigenvalue weighted by Crippen LogP contribution is 2.22. The maximum atomic E-state index is 13.3. The molecule has 0 aliphatic carbocycles. The van der Waals surface area contributed by atoms with Gasteiger partial charge in [-0.1, -0.05) is 6.07 Å². The van der Waals surface area contributed by atoms with Crippen LogP contribution < -0.4 is 10.2 Å². The fourth-order valence-electron chi connectivity index (χ4n) is 3.46. The van der Waals surface area contributed by atoms with Gasteiger partial charge in [0, 0.05) is 31.9 Å². The van der Waals surface area contributed by atoms with Gasteiger partial charge in [-0.3, -0.25) is 9.20 Å². The third-order valence-corrected chi connectivity index (χ3v) is 4.76. The van der Waals surface area contributed by atoms with Gasteiger partial charge in [-0.2, -0.15) is 0 Å². The number of rotatable bonds is 4. The molecule has 1 fully saturated rings. The Hall–Kier alpha value is -3.03. The van der Waals surface area contributed by atoms with Crippen LogP contribution in [0, 0.1) is 17.6 Å². The Morgan fingerprint density at radius 2 is 2.00 bits per heavy atom. The van der Waals surface area contributed by atoms with E-state index in [0.717, 1.165) is 37.0 Å². The lowest BCUT2D eigenvalue weighted by molar-refractivity contribution is -0.125. The molecule has 1 aliphatic rings. The predicted octanol–water partition coefficient (Wildman–Crippen LogP) is 2.54. The van der Waals surface area contributed by atoms with Crippen LogP contribution in [0.5, 0.6) is 0 Å². The molecular weight excluding hydrogens is 352 g/mol. The molecule has 3 heterocycles. The second-order valence-electron chi connectivity index (χ2n) is 6.71. The Labute approximate surface area is 154 Å². The molecule has 1 aromatic carbocycles. The quantitative estimate of drug-likeness (QED) is 0.766. The number of hydrogen-bond acceptors (Lipinski definition) is 4. The second kappa shape index (κ2) is 7.30. The summed E-state index contributed by atoms with van der Waals surface area (Å²) in [7, 11) is 0. The van der Waals surface area contributed by atoms with E-state index in [1.807, 2.05) is 28.8 Å². The molecular formula is C19H19F2N5O. The Bertz CT molecular complexity index is 953. The van der Waals surface area contributed by atoms with Gasteiger partial charge in [0.25, 0.3) is 0 Å². The van der Waals surface area contributed by atoms with Crippen LogP contribution in [0.3, 0.4) is 0 Å². The Balaban J connectivity index is 1.42. The van der Waals surface area contributed by atoms with E-state index in [1.165, 1.54) is 12.1 Å². The number of fused-ring (bicyclic) bond motifs is 1. The van der Waals surface area contributed by atoms with Gasteiger partial charge >= 0.3 is 0 Å². The van der Waals surface area contributed by atoms with Crippen molar-refractivity contribution >= 4 is 17.5 Å². The number of pyridine rings is 1. The van der Waals surface area contributed by atoms with Gasteiger partial charge in [-0.05, 0) is 42.7 Å². The number of carbonyl (C=O) groups is 1. The van der Waals surface area contributed by atoms with E-state index in [0.29, 0.717) is 12.1 Å². The summed E-state index contributed by atoms with van der Waals surface area (Å²) in [5.74, 6) is -0.926. The molecule has 0 unspecified atom stereocenters. The first-order chi connectivity index (χ1) is 13.1. The zero-order valence-electron chi connectivity index (χ0n) is 14.6. The number of nitrogens with zero attached hydrogens (tertiary/aromatic N) is 4. The first-order valence-corrected chi connectivity index (χ1v) is 8.87. The van der Waals surface area contributed by atoms with Gasteiger partial charge in [0.15, 0.2) is 5.65 Å². The molecule has 1 amide bonds. The molecule has 0 saturated carbocycles. The molecule has 0 radical (unpaired) electrons. The van der Waals surface area contributed by atoms with Gasteiger partial charge in [0.1, 0.15) is 11.6 Å². The van der Waals surface area contributed by atoms with Gasteiger partial charge in [0.2, 0.25) is 11.9 Å². The molecule has 3 aromatic rings. The summed E-state index contributed by atoms with van der Waals surface area (Å²) in [6.07, 6.45) is 3.51. The zero-order chi connectivity index (χ0) is 18.8. The van der Waals surface area contributed by atoms with Crippen molar-refractivity contribution in [3.8, 4) is 0 Å². The molecule has 6 nitrogen and oxygen atoms in total. The molecule has 1 atom stereocenters. The molecule has 1 aliphatic heterocycles. The van der Waals surface area contributed by atoms with Gasteiger partial charge in [-0.25, -0.2) is 8.78 Å². The molecule has 1 N–H and O–H groups in total. The fraction of sp³-hybridized carbons (Fsp3) is 0.316. The number of hydrogen-bond donors (Lipinski definition) is 1. The molecule has 2 aromatic heterocycles. The zero-order valence-corrected chi connectivity index (χ0v) is 14.6. The minimum Gasteiger partial charge on any atom is -0.352 e. The van der Waals surface area contributed by atoms with E-state index in [2.05, 4.69) is 20.4 Å². The van der Waals surface area contributed by atoms with Crippen molar-refractivity contribution in [2.75, 3.05) is 18.0 Å². The molecule has 140 valence electrons. The number of benzene rings is 1. The summed E-state index contributed by atoms with van der Waals surface area (Å²) < 4.78 is 28.4. The lowest BCUT2D eigenvalue weighted by Gasteiger charge is -2.32. The monoisotopic (exact) mass is 371 g/mol. The molecule has 0 spiro atoms. The lowest BCUT2D eigenvalue weighted by atomic mass is 9.97. The van der Waals surface area contributed by atoms with Crippen LogP contribution in [0.1, 0.15) is 18.4 Å². The fourth-order valence-corrected chi connectivity index (χ4v) is 3.46. The highest BCUT2D eigenvalue weighted by molar-refractivity contribution is 5.79. The first-order valence-electron chi connectivity index (χ1n) is 8.87. The van der Waals surface area contributed by atoms with E-state index in [4.69, 9.17) is 0 Å². The van der Waals surface area contributed by atoms with E-state index in [-0.39, 0.29) is 18.4 Å². The number of aromatic nitrogens is 3. The largest absolute Gasteiger partial charge is 0.352 e. The van der Waals surface area contributed by atoms with Gasteiger partial charge in [-0.15, -0.1) is 10.2 Å². The summed E-state index contributed by atoms with van der Waals surface area (Å²) in [6, 6.07) is 8.94. The Kier molecular flexibility index (Phi) is 4.70. The summed E-state index contributed by atoms with van der Waals surface area (Å²) in [6.45, 7) is 1.42. The molecule has 1 saturated heterocycles. The average Bonchev–Trinajstić information content (AvgIpc) is 3.10. The average molecular weight is 371 g/mol. The topological polar surface area (TPSA) is 62.5 Å². The van der Waals surface area contributed by atoms with Crippen molar-refractivity contribution in [3.63, 3.8) is 0 Å². The highest BCUT2D eigenvalue weighted by Gasteiger charge is 2.28. The third-order valence-electron chi connectivity index (χ3n) is 4.76. The van der Waals surface area contributed by atoms with E-state index >= 15 is 0 Å². The van der Waals surface area contributed by atoms with Crippen molar-refractivity contribution in [3.05, 3.63) is 59.8 Å². The normalized spacial score (nSPS) is 17.3. The summed E-state index contributed by atoms with van der Waals surface area (Å²) in [4.78, 5) is 14.6. The van der Waals surface area contributed by atoms with Gasteiger partial charge < -0.3 is 10.2 Å². The number of anilines is 1. The third kappa shape index (κ3) is 3.74. The van der Waals surface area contributed by atoms with Crippen molar-refractivity contribution in [2.45, 2.75) is 19.4 Å². The van der Waals surface area contributed by atoms with Crippen LogP contribution >= 0.6 is 0 Å². The SMILES string of the molecule is O=C(NCc1cc(F)cc(F)c1)[C@@H]1CCCN(c2nnc3ccccn23)C1. The minimum atomic E-state index is -0.651. The van der Waals surface area contributed by atoms with Crippen LogP contribution in [-0.4, -0.2) is 33.6 Å². The van der Waals surface area contributed by atoms with Crippen LogP contribution in [0.25, 0.3) is 5.65 Å². The van der Waals surface area contributed by atoms with Crippen molar-refractivity contribution < 1.29 is 13.6 Å². The van der Waals surface area contributed by atoms with Crippen molar-refractivity contribution in [2.24, 2.45) is 5.92 Å². The van der Waals surface area contributed by atoms with E-state index < -0.39 is 11.6 Å². The number of piperidine rings is 1. The number of carbonyl (C=O) groups excluding carboxylic acids is 1. The number of amides is 1. The second-order valence-corrected chi connectivity index (χ2v) is 6.71. The maximum Gasteiger partial charge on any atom is 0.231 e. The Morgan fingerprint density at radius 1 is 1.19 bits per heavy atom. The number of halogens is 2. The van der Waals surface area contributed by atoms with Crippen molar-refractivity contribution in [1.29, 1.82) is 0 Å². The maximum absolute atomic E-state index is 13.3. The lowest BCUT2D eigenvalue weighted by Crippen LogP contribution is -2.43. The number of nitrogens with one attached hydrogen (secondary N) is 1. The first kappa shape index (κ1) is 17.4. The van der Waals surface area contributed by atoms with Crippen LogP contribution in [0.15, 0.2) is 42.6 Å². The van der Waals surface area contributed by atoms with E-state index in [1.54, 1.807) is 0 Å². The minimum absolute atomic E-state index is 0.0951. The van der Waals surface area contributed by atoms with E-state index in [9.17, 15) is 13.6 Å². The highest BCUT2D eigenvalue weighted by atomic mass is 19.1. The van der Waals surface area contributed by atoms with Crippen molar-refractivity contribution in [1.82, 2.24) is 19.9 Å². The van der Waals surface area contributed by atoms with Gasteiger partial charge in [0.05, 0.1) is 5.92 Å².